The number of hydrogen-bond acceptors (Lipinski definition) is 4. The van der Waals surface area contributed by atoms with Gasteiger partial charge in [-0.25, -0.2) is 4.98 Å². The molecule has 1 aromatic heterocycles. The van der Waals surface area contributed by atoms with Crippen molar-refractivity contribution in [2.75, 3.05) is 13.2 Å². The fourth-order valence-corrected chi connectivity index (χ4v) is 2.04. The first kappa shape index (κ1) is 15.0. The molecule has 0 amide bonds. The number of hydrogen-bond donors (Lipinski definition) is 2. The van der Waals surface area contributed by atoms with Crippen LogP contribution in [0, 0.1) is 0 Å². The van der Waals surface area contributed by atoms with Gasteiger partial charge in [-0.05, 0) is 32.0 Å². The summed E-state index contributed by atoms with van der Waals surface area (Å²) < 4.78 is 5.32. The summed E-state index contributed by atoms with van der Waals surface area (Å²) in [5.74, 6) is 0.591. The summed E-state index contributed by atoms with van der Waals surface area (Å²) in [6.07, 6.45) is 0. The van der Waals surface area contributed by atoms with Gasteiger partial charge in [0.25, 0.3) is 5.56 Å². The van der Waals surface area contributed by atoms with E-state index in [0.717, 1.165) is 0 Å². The number of fused-ring (bicyclic) bond motifs is 1. The molecule has 2 N–H and O–H groups in total. The van der Waals surface area contributed by atoms with Gasteiger partial charge in [-0.15, -0.1) is 0 Å². The van der Waals surface area contributed by atoms with Gasteiger partial charge < -0.3 is 15.0 Å². The number of rotatable bonds is 6. The zero-order chi connectivity index (χ0) is 14.5. The first-order valence-corrected chi connectivity index (χ1v) is 6.97. The Labute approximate surface area is 122 Å². The highest BCUT2D eigenvalue weighted by molar-refractivity contribution is 6.31. The Balaban J connectivity index is 2.13. The maximum atomic E-state index is 11.9. The Morgan fingerprint density at radius 1 is 1.50 bits per heavy atom. The van der Waals surface area contributed by atoms with Crippen molar-refractivity contribution in [3.05, 3.63) is 39.4 Å². The van der Waals surface area contributed by atoms with Crippen LogP contribution in [0.4, 0.5) is 0 Å². The molecule has 0 aliphatic carbocycles. The Morgan fingerprint density at radius 3 is 3.05 bits per heavy atom. The minimum absolute atomic E-state index is 0.152. The summed E-state index contributed by atoms with van der Waals surface area (Å²) in [7, 11) is 0. The normalized spacial score (nSPS) is 12.8. The van der Waals surface area contributed by atoms with Crippen LogP contribution < -0.4 is 10.9 Å². The lowest BCUT2D eigenvalue weighted by atomic mass is 10.2. The molecule has 1 heterocycles. The van der Waals surface area contributed by atoms with Gasteiger partial charge in [0.15, 0.2) is 0 Å². The Morgan fingerprint density at radius 2 is 2.30 bits per heavy atom. The number of aromatic nitrogens is 2. The van der Waals surface area contributed by atoms with Crippen molar-refractivity contribution in [1.82, 2.24) is 15.3 Å². The lowest BCUT2D eigenvalue weighted by molar-refractivity contribution is 0.126. The van der Waals surface area contributed by atoms with Gasteiger partial charge >= 0.3 is 0 Å². The molecule has 5 nitrogen and oxygen atoms in total. The van der Waals surface area contributed by atoms with Crippen LogP contribution in [0.3, 0.4) is 0 Å². The molecule has 0 radical (unpaired) electrons. The number of nitrogens with zero attached hydrogens (tertiary/aromatic N) is 1. The molecule has 20 heavy (non-hydrogen) atoms. The second kappa shape index (κ2) is 6.83. The van der Waals surface area contributed by atoms with Crippen molar-refractivity contribution in [2.24, 2.45) is 0 Å². The molecule has 0 fully saturated rings. The molecule has 6 heteroatoms. The zero-order valence-electron chi connectivity index (χ0n) is 11.6. The standard InChI is InChI=1S/C14H18ClN3O2/c1-3-20-8-9(2)16-7-13-17-12-6-10(15)4-5-11(12)14(19)18-13/h4-6,9,16H,3,7-8H2,1-2H3,(H,17,18,19). The molecular weight excluding hydrogens is 278 g/mol. The predicted molar refractivity (Wildman–Crippen MR) is 80.2 cm³/mol. The highest BCUT2D eigenvalue weighted by Crippen LogP contribution is 2.14. The fraction of sp³-hybridized carbons (Fsp3) is 0.429. The van der Waals surface area contributed by atoms with Crippen molar-refractivity contribution in [3.63, 3.8) is 0 Å². The molecule has 0 aliphatic heterocycles. The van der Waals surface area contributed by atoms with E-state index in [1.807, 2.05) is 13.8 Å². The molecule has 0 bridgehead atoms. The Hall–Kier alpha value is -1.43. The first-order chi connectivity index (χ1) is 9.60. The van der Waals surface area contributed by atoms with Gasteiger partial charge in [0.2, 0.25) is 0 Å². The quantitative estimate of drug-likeness (QED) is 0.856. The SMILES string of the molecule is CCOCC(C)NCc1nc2cc(Cl)ccc2c(=O)[nH]1. The molecule has 1 atom stereocenters. The van der Waals surface area contributed by atoms with E-state index in [-0.39, 0.29) is 11.6 Å². The third-order valence-electron chi connectivity index (χ3n) is 2.91. The van der Waals surface area contributed by atoms with Gasteiger partial charge in [-0.3, -0.25) is 4.79 Å². The number of aromatic amines is 1. The van der Waals surface area contributed by atoms with Gasteiger partial charge in [-0.1, -0.05) is 11.6 Å². The lowest BCUT2D eigenvalue weighted by Crippen LogP contribution is -2.31. The first-order valence-electron chi connectivity index (χ1n) is 6.59. The van der Waals surface area contributed by atoms with Crippen molar-refractivity contribution < 1.29 is 4.74 Å². The third kappa shape index (κ3) is 3.79. The zero-order valence-corrected chi connectivity index (χ0v) is 12.3. The van der Waals surface area contributed by atoms with E-state index in [2.05, 4.69) is 15.3 Å². The molecular formula is C14H18ClN3O2. The number of nitrogens with one attached hydrogen (secondary N) is 2. The summed E-state index contributed by atoms with van der Waals surface area (Å²) in [6, 6.07) is 5.25. The minimum atomic E-state index is -0.152. The van der Waals surface area contributed by atoms with E-state index < -0.39 is 0 Å². The fourth-order valence-electron chi connectivity index (χ4n) is 1.87. The average Bonchev–Trinajstić information content (AvgIpc) is 2.42. The Kier molecular flexibility index (Phi) is 5.11. The minimum Gasteiger partial charge on any atom is -0.380 e. The predicted octanol–water partition coefficient (Wildman–Crippen LogP) is 2.09. The molecule has 2 rings (SSSR count). The van der Waals surface area contributed by atoms with E-state index in [0.29, 0.717) is 41.5 Å². The number of H-pyrrole nitrogens is 1. The van der Waals surface area contributed by atoms with Crippen LogP contribution in [0.1, 0.15) is 19.7 Å². The van der Waals surface area contributed by atoms with Gasteiger partial charge in [0.05, 0.1) is 24.1 Å². The van der Waals surface area contributed by atoms with Gasteiger partial charge in [0, 0.05) is 17.7 Å². The second-order valence-corrected chi connectivity index (χ2v) is 5.05. The van der Waals surface area contributed by atoms with Crippen molar-refractivity contribution in [3.8, 4) is 0 Å². The van der Waals surface area contributed by atoms with Crippen LogP contribution in [-0.4, -0.2) is 29.2 Å². The number of benzene rings is 1. The summed E-state index contributed by atoms with van der Waals surface area (Å²) in [5.41, 5.74) is 0.455. The van der Waals surface area contributed by atoms with Crippen LogP contribution in [-0.2, 0) is 11.3 Å². The van der Waals surface area contributed by atoms with Gasteiger partial charge in [0.1, 0.15) is 5.82 Å². The average molecular weight is 296 g/mol. The highest BCUT2D eigenvalue weighted by Gasteiger charge is 2.06. The molecule has 1 aromatic carbocycles. The van der Waals surface area contributed by atoms with E-state index in [1.54, 1.807) is 18.2 Å². The summed E-state index contributed by atoms with van der Waals surface area (Å²) >= 11 is 5.92. The molecule has 0 saturated carbocycles. The highest BCUT2D eigenvalue weighted by atomic mass is 35.5. The van der Waals surface area contributed by atoms with Crippen LogP contribution in [0.25, 0.3) is 10.9 Å². The lowest BCUT2D eigenvalue weighted by Gasteiger charge is -2.13. The second-order valence-electron chi connectivity index (χ2n) is 4.62. The number of halogens is 1. The summed E-state index contributed by atoms with van der Waals surface area (Å²) in [4.78, 5) is 19.1. The summed E-state index contributed by atoms with van der Waals surface area (Å²) in [6.45, 7) is 5.77. The van der Waals surface area contributed by atoms with E-state index in [9.17, 15) is 4.79 Å². The molecule has 0 spiro atoms. The topological polar surface area (TPSA) is 67.0 Å². The van der Waals surface area contributed by atoms with Crippen LogP contribution in [0.2, 0.25) is 5.02 Å². The van der Waals surface area contributed by atoms with Gasteiger partial charge in [-0.2, -0.15) is 0 Å². The summed E-state index contributed by atoms with van der Waals surface area (Å²) in [5, 5.41) is 4.36. The van der Waals surface area contributed by atoms with Crippen molar-refractivity contribution in [1.29, 1.82) is 0 Å². The molecule has 0 saturated heterocycles. The Bertz CT molecular complexity index is 642. The molecule has 2 aromatic rings. The smallest absolute Gasteiger partial charge is 0.258 e. The largest absolute Gasteiger partial charge is 0.380 e. The molecule has 0 aliphatic rings. The van der Waals surface area contributed by atoms with Crippen LogP contribution >= 0.6 is 11.6 Å². The van der Waals surface area contributed by atoms with E-state index in [1.165, 1.54) is 0 Å². The van der Waals surface area contributed by atoms with Crippen LogP contribution in [0.5, 0.6) is 0 Å². The van der Waals surface area contributed by atoms with E-state index >= 15 is 0 Å². The maximum absolute atomic E-state index is 11.9. The van der Waals surface area contributed by atoms with Crippen molar-refractivity contribution >= 4 is 22.5 Å². The molecule has 108 valence electrons. The monoisotopic (exact) mass is 295 g/mol. The van der Waals surface area contributed by atoms with E-state index in [4.69, 9.17) is 16.3 Å². The maximum Gasteiger partial charge on any atom is 0.258 e. The molecule has 1 unspecified atom stereocenters. The van der Waals surface area contributed by atoms with Crippen molar-refractivity contribution in [2.45, 2.75) is 26.4 Å². The third-order valence-corrected chi connectivity index (χ3v) is 3.14. The number of ether oxygens (including phenoxy) is 1. The van der Waals surface area contributed by atoms with Crippen LogP contribution in [0.15, 0.2) is 23.0 Å².